The Kier molecular flexibility index (Phi) is 5.67. The fraction of sp³-hybridized carbons (Fsp3) is 0.667. The third-order valence-corrected chi connectivity index (χ3v) is 3.35. The number of nitrogens with zero attached hydrogens (tertiary/aromatic N) is 3. The summed E-state index contributed by atoms with van der Waals surface area (Å²) in [6.45, 7) is 4.50. The van der Waals surface area contributed by atoms with E-state index in [2.05, 4.69) is 20.4 Å². The van der Waals surface area contributed by atoms with Crippen molar-refractivity contribution in [3.63, 3.8) is 0 Å². The van der Waals surface area contributed by atoms with Crippen LogP contribution in [-0.2, 0) is 4.74 Å². The van der Waals surface area contributed by atoms with E-state index in [1.807, 2.05) is 0 Å². The van der Waals surface area contributed by atoms with Gasteiger partial charge < -0.3 is 14.8 Å². The number of carbonyl (C=O) groups is 1. The van der Waals surface area contributed by atoms with Crippen molar-refractivity contribution < 1.29 is 19.2 Å². The van der Waals surface area contributed by atoms with E-state index in [9.17, 15) is 14.9 Å². The molecule has 0 atom stereocenters. The number of methoxy groups -OCH3 is 1. The molecule has 10 heteroatoms. The number of carbonyl (C=O) groups excluding carboxylic acids is 1. The molecule has 0 unspecified atom stereocenters. The molecule has 1 aromatic heterocycles. The third kappa shape index (κ3) is 3.92. The number of H-pyrrole nitrogens is 1. The summed E-state index contributed by atoms with van der Waals surface area (Å²) in [5, 5.41) is 19.6. The number of hydrogen-bond acceptors (Lipinski definition) is 7. The lowest BCUT2D eigenvalue weighted by Crippen LogP contribution is -2.38. The molecule has 1 amide bonds. The van der Waals surface area contributed by atoms with Gasteiger partial charge in [0, 0.05) is 19.6 Å². The van der Waals surface area contributed by atoms with Gasteiger partial charge in [0.25, 0.3) is 5.91 Å². The molecule has 1 fully saturated rings. The van der Waals surface area contributed by atoms with Gasteiger partial charge in [0.1, 0.15) is 0 Å². The zero-order chi connectivity index (χ0) is 15.9. The maximum absolute atomic E-state index is 12.0. The minimum atomic E-state index is -0.690. The Morgan fingerprint density at radius 1 is 1.55 bits per heavy atom. The first-order chi connectivity index (χ1) is 10.6. The van der Waals surface area contributed by atoms with Crippen LogP contribution in [0.2, 0.25) is 0 Å². The molecule has 1 aromatic rings. The number of nitro groups is 1. The van der Waals surface area contributed by atoms with Crippen LogP contribution in [0, 0.1) is 10.1 Å². The van der Waals surface area contributed by atoms with E-state index in [0.29, 0.717) is 6.54 Å². The van der Waals surface area contributed by atoms with Crippen molar-refractivity contribution in [3.05, 3.63) is 15.8 Å². The first-order valence-corrected chi connectivity index (χ1v) is 6.98. The molecule has 0 radical (unpaired) electrons. The van der Waals surface area contributed by atoms with Crippen molar-refractivity contribution in [2.24, 2.45) is 0 Å². The smallest absolute Gasteiger partial charge is 0.362 e. The minimum absolute atomic E-state index is 0.201. The summed E-state index contributed by atoms with van der Waals surface area (Å²) < 4.78 is 10.0. The molecule has 10 nitrogen and oxygen atoms in total. The molecular weight excluding hydrogens is 294 g/mol. The molecule has 0 saturated carbocycles. The van der Waals surface area contributed by atoms with E-state index in [-0.39, 0.29) is 11.6 Å². The highest BCUT2D eigenvalue weighted by atomic mass is 16.6. The van der Waals surface area contributed by atoms with Crippen molar-refractivity contribution in [2.45, 2.75) is 6.42 Å². The molecule has 2 N–H and O–H groups in total. The van der Waals surface area contributed by atoms with Gasteiger partial charge in [-0.25, -0.2) is 0 Å². The van der Waals surface area contributed by atoms with Crippen molar-refractivity contribution in [2.75, 3.05) is 46.5 Å². The van der Waals surface area contributed by atoms with Crippen LogP contribution in [0.1, 0.15) is 16.9 Å². The molecule has 2 heterocycles. The number of aromatic amines is 1. The van der Waals surface area contributed by atoms with Crippen LogP contribution in [0.25, 0.3) is 0 Å². The highest BCUT2D eigenvalue weighted by molar-refractivity contribution is 5.97. The monoisotopic (exact) mass is 313 g/mol. The lowest BCUT2D eigenvalue weighted by atomic mass is 10.3. The van der Waals surface area contributed by atoms with E-state index >= 15 is 0 Å². The van der Waals surface area contributed by atoms with Crippen LogP contribution in [0.5, 0.6) is 5.88 Å². The van der Waals surface area contributed by atoms with Gasteiger partial charge >= 0.3 is 11.6 Å². The molecule has 122 valence electrons. The van der Waals surface area contributed by atoms with Gasteiger partial charge in [-0.05, 0) is 13.0 Å². The Morgan fingerprint density at radius 2 is 2.27 bits per heavy atom. The lowest BCUT2D eigenvalue weighted by molar-refractivity contribution is -0.386. The van der Waals surface area contributed by atoms with E-state index in [0.717, 1.165) is 39.3 Å². The van der Waals surface area contributed by atoms with E-state index in [1.165, 1.54) is 7.11 Å². The quantitative estimate of drug-likeness (QED) is 0.405. The largest absolute Gasteiger partial charge is 0.475 e. The second-order valence-corrected chi connectivity index (χ2v) is 4.78. The molecule has 0 aliphatic carbocycles. The van der Waals surface area contributed by atoms with Crippen LogP contribution < -0.4 is 10.1 Å². The van der Waals surface area contributed by atoms with E-state index in [1.54, 1.807) is 0 Å². The SMILES string of the molecule is COc1n[nH]c(C(=O)NCCCN2CCOCC2)c1[N+](=O)[O-]. The summed E-state index contributed by atoms with van der Waals surface area (Å²) >= 11 is 0. The first-order valence-electron chi connectivity index (χ1n) is 6.98. The molecule has 22 heavy (non-hydrogen) atoms. The number of ether oxygens (including phenoxy) is 2. The average molecular weight is 313 g/mol. The highest BCUT2D eigenvalue weighted by Gasteiger charge is 2.29. The van der Waals surface area contributed by atoms with Gasteiger partial charge in [0.05, 0.1) is 25.2 Å². The topological polar surface area (TPSA) is 123 Å². The number of morpholine rings is 1. The van der Waals surface area contributed by atoms with Gasteiger partial charge in [-0.15, -0.1) is 5.10 Å². The number of nitrogens with one attached hydrogen (secondary N) is 2. The summed E-state index contributed by atoms with van der Waals surface area (Å²) in [5.41, 5.74) is -0.651. The number of amides is 1. The van der Waals surface area contributed by atoms with Gasteiger partial charge in [0.15, 0.2) is 0 Å². The average Bonchev–Trinajstić information content (AvgIpc) is 2.96. The summed E-state index contributed by atoms with van der Waals surface area (Å²) in [5.74, 6) is -0.770. The summed E-state index contributed by atoms with van der Waals surface area (Å²) in [7, 11) is 1.26. The number of hydrogen-bond donors (Lipinski definition) is 2. The molecule has 2 rings (SSSR count). The molecule has 1 aliphatic heterocycles. The fourth-order valence-electron chi connectivity index (χ4n) is 2.21. The second-order valence-electron chi connectivity index (χ2n) is 4.78. The maximum atomic E-state index is 12.0. The van der Waals surface area contributed by atoms with Crippen molar-refractivity contribution in [1.82, 2.24) is 20.4 Å². The second kappa shape index (κ2) is 7.71. The summed E-state index contributed by atoms with van der Waals surface area (Å²) in [6, 6.07) is 0. The van der Waals surface area contributed by atoms with Crippen LogP contribution in [-0.4, -0.2) is 72.4 Å². The van der Waals surface area contributed by atoms with E-state index < -0.39 is 16.5 Å². The Bertz CT molecular complexity index is 526. The van der Waals surface area contributed by atoms with Gasteiger partial charge in [-0.1, -0.05) is 0 Å². The zero-order valence-electron chi connectivity index (χ0n) is 12.3. The molecule has 0 aromatic carbocycles. The molecule has 0 spiro atoms. The zero-order valence-corrected chi connectivity index (χ0v) is 12.3. The summed E-state index contributed by atoms with van der Waals surface area (Å²) in [4.78, 5) is 24.5. The third-order valence-electron chi connectivity index (χ3n) is 3.35. The van der Waals surface area contributed by atoms with E-state index in [4.69, 9.17) is 9.47 Å². The normalized spacial score (nSPS) is 15.5. The maximum Gasteiger partial charge on any atom is 0.362 e. The number of aromatic nitrogens is 2. The fourth-order valence-corrected chi connectivity index (χ4v) is 2.21. The van der Waals surface area contributed by atoms with Crippen LogP contribution in [0.15, 0.2) is 0 Å². The predicted octanol–water partition coefficient (Wildman–Crippen LogP) is -0.221. The lowest BCUT2D eigenvalue weighted by Gasteiger charge is -2.26. The number of rotatable bonds is 7. The Balaban J connectivity index is 1.82. The predicted molar refractivity (Wildman–Crippen MR) is 76.0 cm³/mol. The van der Waals surface area contributed by atoms with Crippen LogP contribution in [0.4, 0.5) is 5.69 Å². The van der Waals surface area contributed by atoms with Crippen molar-refractivity contribution >= 4 is 11.6 Å². The van der Waals surface area contributed by atoms with Gasteiger partial charge in [0.2, 0.25) is 5.69 Å². The highest BCUT2D eigenvalue weighted by Crippen LogP contribution is 2.27. The van der Waals surface area contributed by atoms with Crippen LogP contribution in [0.3, 0.4) is 0 Å². The van der Waals surface area contributed by atoms with Gasteiger partial charge in [-0.3, -0.25) is 24.9 Å². The summed E-state index contributed by atoms with van der Waals surface area (Å²) in [6.07, 6.45) is 0.755. The van der Waals surface area contributed by atoms with Gasteiger partial charge in [-0.2, -0.15) is 0 Å². The standard InChI is InChI=1S/C12H19N5O5/c1-21-12-10(17(19)20)9(14-15-12)11(18)13-3-2-4-16-5-7-22-8-6-16/h2-8H2,1H3,(H,13,18)(H,14,15). The van der Waals surface area contributed by atoms with Crippen LogP contribution >= 0.6 is 0 Å². The molecule has 1 aliphatic rings. The van der Waals surface area contributed by atoms with Crippen molar-refractivity contribution in [1.29, 1.82) is 0 Å². The van der Waals surface area contributed by atoms with Crippen molar-refractivity contribution in [3.8, 4) is 5.88 Å². The Hall–Kier alpha value is -2.20. The molecule has 1 saturated heterocycles. The Labute approximate surface area is 126 Å². The Morgan fingerprint density at radius 3 is 2.91 bits per heavy atom. The molecular formula is C12H19N5O5. The molecule has 0 bridgehead atoms. The first kappa shape index (κ1) is 16.2. The minimum Gasteiger partial charge on any atom is -0.475 e.